The quantitative estimate of drug-likeness (QED) is 0.606. The molecule has 0 aliphatic carbocycles. The van der Waals surface area contributed by atoms with Gasteiger partial charge in [0.2, 0.25) is 0 Å². The fourth-order valence-corrected chi connectivity index (χ4v) is 4.14. The Bertz CT molecular complexity index is 1220. The summed E-state index contributed by atoms with van der Waals surface area (Å²) >= 11 is 0. The van der Waals surface area contributed by atoms with E-state index in [0.29, 0.717) is 35.5 Å². The van der Waals surface area contributed by atoms with Crippen molar-refractivity contribution in [1.82, 2.24) is 4.90 Å². The Balaban J connectivity index is 1.34. The average Bonchev–Trinajstić information content (AvgIpc) is 3.40. The molecule has 0 radical (unpaired) electrons. The van der Waals surface area contributed by atoms with Crippen LogP contribution in [-0.2, 0) is 4.74 Å². The van der Waals surface area contributed by atoms with Gasteiger partial charge in [-0.2, -0.15) is 0 Å². The molecule has 0 saturated carbocycles. The molecule has 0 aromatic heterocycles. The third-order valence-corrected chi connectivity index (χ3v) is 5.75. The SMILES string of the molecule is O=C1OC(=Cc2ccc(F)c(C(=O)N3CC[C@@H](Nc4ccccc4)C3)c2)c2ccccc21. The van der Waals surface area contributed by atoms with Gasteiger partial charge in [-0.3, -0.25) is 4.79 Å². The van der Waals surface area contributed by atoms with E-state index in [1.165, 1.54) is 12.1 Å². The molecule has 2 aliphatic heterocycles. The second-order valence-electron chi connectivity index (χ2n) is 7.93. The van der Waals surface area contributed by atoms with Crippen molar-refractivity contribution >= 4 is 29.4 Å². The largest absolute Gasteiger partial charge is 0.422 e. The molecule has 5 rings (SSSR count). The zero-order chi connectivity index (χ0) is 22.1. The highest BCUT2D eigenvalue weighted by Gasteiger charge is 2.29. The van der Waals surface area contributed by atoms with Crippen LogP contribution in [0.5, 0.6) is 0 Å². The monoisotopic (exact) mass is 428 g/mol. The molecule has 1 atom stereocenters. The van der Waals surface area contributed by atoms with Crippen LogP contribution in [0.1, 0.15) is 38.3 Å². The van der Waals surface area contributed by atoms with E-state index in [9.17, 15) is 14.0 Å². The van der Waals surface area contributed by atoms with Crippen LogP contribution in [0.15, 0.2) is 72.8 Å². The van der Waals surface area contributed by atoms with E-state index in [1.54, 1.807) is 35.2 Å². The van der Waals surface area contributed by atoms with Gasteiger partial charge in [0.05, 0.1) is 11.1 Å². The predicted molar refractivity (Wildman–Crippen MR) is 121 cm³/mol. The van der Waals surface area contributed by atoms with Crippen LogP contribution in [-0.4, -0.2) is 35.9 Å². The summed E-state index contributed by atoms with van der Waals surface area (Å²) in [6, 6.07) is 21.4. The summed E-state index contributed by atoms with van der Waals surface area (Å²) in [6.45, 7) is 1.06. The van der Waals surface area contributed by atoms with Gasteiger partial charge in [0, 0.05) is 30.4 Å². The van der Waals surface area contributed by atoms with Crippen molar-refractivity contribution in [3.8, 4) is 0 Å². The van der Waals surface area contributed by atoms with Crippen molar-refractivity contribution in [2.45, 2.75) is 12.5 Å². The second-order valence-corrected chi connectivity index (χ2v) is 7.93. The van der Waals surface area contributed by atoms with Gasteiger partial charge in [0.15, 0.2) is 0 Å². The van der Waals surface area contributed by atoms with Gasteiger partial charge in [-0.1, -0.05) is 42.5 Å². The fraction of sp³-hybridized carbons (Fsp3) is 0.154. The van der Waals surface area contributed by atoms with E-state index in [2.05, 4.69) is 5.32 Å². The number of benzene rings is 3. The van der Waals surface area contributed by atoms with Gasteiger partial charge in [0.25, 0.3) is 5.91 Å². The van der Waals surface area contributed by atoms with Crippen molar-refractivity contribution < 1.29 is 18.7 Å². The molecule has 3 aromatic rings. The van der Waals surface area contributed by atoms with Crippen molar-refractivity contribution in [2.24, 2.45) is 0 Å². The molecule has 6 heteroatoms. The molecule has 0 unspecified atom stereocenters. The number of likely N-dealkylation sites (tertiary alicyclic amines) is 1. The summed E-state index contributed by atoms with van der Waals surface area (Å²) in [5.74, 6) is -0.937. The molecule has 1 fully saturated rings. The zero-order valence-electron chi connectivity index (χ0n) is 17.3. The van der Waals surface area contributed by atoms with Crippen molar-refractivity contribution in [3.05, 3.63) is 101 Å². The molecule has 1 saturated heterocycles. The molecule has 2 aliphatic rings. The number of nitrogens with one attached hydrogen (secondary N) is 1. The number of anilines is 1. The van der Waals surface area contributed by atoms with Gasteiger partial charge in [-0.05, 0) is 48.4 Å². The summed E-state index contributed by atoms with van der Waals surface area (Å²) in [7, 11) is 0. The number of hydrogen-bond acceptors (Lipinski definition) is 4. The zero-order valence-corrected chi connectivity index (χ0v) is 17.3. The summed E-state index contributed by atoms with van der Waals surface area (Å²) in [4.78, 5) is 26.8. The number of rotatable bonds is 4. The third-order valence-electron chi connectivity index (χ3n) is 5.75. The first kappa shape index (κ1) is 20.0. The first-order chi connectivity index (χ1) is 15.6. The highest BCUT2D eigenvalue weighted by Crippen LogP contribution is 2.31. The highest BCUT2D eigenvalue weighted by atomic mass is 19.1. The number of ether oxygens (including phenoxy) is 1. The molecule has 1 amide bonds. The van der Waals surface area contributed by atoms with Crippen LogP contribution in [0.2, 0.25) is 0 Å². The normalized spacial score (nSPS) is 18.5. The number of hydrogen-bond donors (Lipinski definition) is 1. The maximum absolute atomic E-state index is 14.6. The van der Waals surface area contributed by atoms with E-state index in [1.807, 2.05) is 36.4 Å². The predicted octanol–water partition coefficient (Wildman–Crippen LogP) is 4.82. The Morgan fingerprint density at radius 1 is 1.03 bits per heavy atom. The van der Waals surface area contributed by atoms with Crippen molar-refractivity contribution in [2.75, 3.05) is 18.4 Å². The first-order valence-electron chi connectivity index (χ1n) is 10.5. The number of nitrogens with zero attached hydrogens (tertiary/aromatic N) is 1. The lowest BCUT2D eigenvalue weighted by molar-refractivity contribution is 0.0716. The number of carbonyl (C=O) groups excluding carboxylic acids is 2. The Hall–Kier alpha value is -3.93. The van der Waals surface area contributed by atoms with Gasteiger partial charge in [0.1, 0.15) is 11.6 Å². The number of fused-ring (bicyclic) bond motifs is 1. The summed E-state index contributed by atoms with van der Waals surface area (Å²) in [5.41, 5.74) is 2.78. The Labute approximate surface area is 185 Å². The molecule has 0 spiro atoms. The molecule has 3 aromatic carbocycles. The van der Waals surface area contributed by atoms with Gasteiger partial charge in [-0.15, -0.1) is 0 Å². The maximum Gasteiger partial charge on any atom is 0.344 e. The first-order valence-corrected chi connectivity index (χ1v) is 10.5. The number of para-hydroxylation sites is 1. The third kappa shape index (κ3) is 3.87. The summed E-state index contributed by atoms with van der Waals surface area (Å²) in [5, 5.41) is 3.42. The number of amides is 1. The van der Waals surface area contributed by atoms with Crippen LogP contribution < -0.4 is 5.32 Å². The number of carbonyl (C=O) groups is 2. The van der Waals surface area contributed by atoms with E-state index in [0.717, 1.165) is 12.1 Å². The van der Waals surface area contributed by atoms with Gasteiger partial charge >= 0.3 is 5.97 Å². The highest BCUT2D eigenvalue weighted by molar-refractivity contribution is 6.05. The van der Waals surface area contributed by atoms with Crippen LogP contribution in [0.3, 0.4) is 0 Å². The van der Waals surface area contributed by atoms with E-state index >= 15 is 0 Å². The minimum absolute atomic E-state index is 0.0114. The topological polar surface area (TPSA) is 58.6 Å². The molecule has 32 heavy (non-hydrogen) atoms. The average molecular weight is 428 g/mol. The molecule has 160 valence electrons. The lowest BCUT2D eigenvalue weighted by Crippen LogP contribution is -2.32. The van der Waals surface area contributed by atoms with E-state index in [4.69, 9.17) is 4.74 Å². The molecular formula is C26H21FN2O3. The smallest absolute Gasteiger partial charge is 0.344 e. The molecule has 5 nitrogen and oxygen atoms in total. The number of halogens is 1. The summed E-state index contributed by atoms with van der Waals surface area (Å²) in [6.07, 6.45) is 2.45. The number of esters is 1. The molecule has 1 N–H and O–H groups in total. The summed E-state index contributed by atoms with van der Waals surface area (Å²) < 4.78 is 19.9. The minimum Gasteiger partial charge on any atom is -0.422 e. The standard InChI is InChI=1S/C26H21FN2O3/c27-23-11-10-17(15-24-20-8-4-5-9-21(20)26(31)32-24)14-22(23)25(30)29-13-12-19(16-29)28-18-6-2-1-3-7-18/h1-11,14-15,19,28H,12-13,16H2/t19-/m1/s1. The fourth-order valence-electron chi connectivity index (χ4n) is 4.14. The van der Waals surface area contributed by atoms with Crippen LogP contribution in [0.4, 0.5) is 10.1 Å². The lowest BCUT2D eigenvalue weighted by atomic mass is 10.0. The molecule has 2 heterocycles. The molecular weight excluding hydrogens is 407 g/mol. The maximum atomic E-state index is 14.6. The minimum atomic E-state index is -0.569. The number of cyclic esters (lactones) is 1. The van der Waals surface area contributed by atoms with Crippen LogP contribution in [0.25, 0.3) is 11.8 Å². The van der Waals surface area contributed by atoms with Crippen molar-refractivity contribution in [3.63, 3.8) is 0 Å². The van der Waals surface area contributed by atoms with Gasteiger partial charge in [-0.25, -0.2) is 9.18 Å². The Kier molecular flexibility index (Phi) is 5.19. The van der Waals surface area contributed by atoms with Crippen molar-refractivity contribution in [1.29, 1.82) is 0 Å². The Morgan fingerprint density at radius 3 is 2.59 bits per heavy atom. The van der Waals surface area contributed by atoms with E-state index < -0.39 is 11.8 Å². The van der Waals surface area contributed by atoms with Gasteiger partial charge < -0.3 is 15.0 Å². The Morgan fingerprint density at radius 2 is 1.78 bits per heavy atom. The van der Waals surface area contributed by atoms with Crippen LogP contribution >= 0.6 is 0 Å². The molecule has 0 bridgehead atoms. The second kappa shape index (κ2) is 8.30. The van der Waals surface area contributed by atoms with Crippen LogP contribution in [0, 0.1) is 5.82 Å². The van der Waals surface area contributed by atoms with E-state index in [-0.39, 0.29) is 17.5 Å². The lowest BCUT2D eigenvalue weighted by Gasteiger charge is -2.18.